The largest absolute Gasteiger partial charge is 0.339 e. The highest BCUT2D eigenvalue weighted by atomic mass is 35.5. The summed E-state index contributed by atoms with van der Waals surface area (Å²) in [7, 11) is 0. The quantitative estimate of drug-likeness (QED) is 0.642. The lowest BCUT2D eigenvalue weighted by atomic mass is 10.2. The summed E-state index contributed by atoms with van der Waals surface area (Å²) < 4.78 is 0. The first-order chi connectivity index (χ1) is 15.1. The summed E-state index contributed by atoms with van der Waals surface area (Å²) in [5.74, 6) is 0.531. The molecule has 5 rings (SSSR count). The predicted octanol–water partition coefficient (Wildman–Crippen LogP) is 4.14. The van der Waals surface area contributed by atoms with Gasteiger partial charge < -0.3 is 20.1 Å². The van der Waals surface area contributed by atoms with Crippen LogP contribution in [0.25, 0.3) is 22.6 Å². The first-order valence-corrected chi connectivity index (χ1v) is 11.0. The molecule has 160 valence electrons. The van der Waals surface area contributed by atoms with Crippen LogP contribution in [0.1, 0.15) is 36.0 Å². The third-order valence-corrected chi connectivity index (χ3v) is 6.17. The van der Waals surface area contributed by atoms with Crippen LogP contribution in [0.15, 0.2) is 30.5 Å². The van der Waals surface area contributed by atoms with Gasteiger partial charge in [-0.05, 0) is 49.9 Å². The van der Waals surface area contributed by atoms with E-state index in [9.17, 15) is 9.59 Å². The van der Waals surface area contributed by atoms with E-state index in [4.69, 9.17) is 11.6 Å². The van der Waals surface area contributed by atoms with Crippen LogP contribution in [0, 0.1) is 0 Å². The lowest BCUT2D eigenvalue weighted by Gasteiger charge is -2.16. The zero-order valence-electron chi connectivity index (χ0n) is 17.0. The number of nitrogens with zero attached hydrogens (tertiary/aromatic N) is 4. The molecule has 1 aromatic carbocycles. The number of hydrogen-bond donors (Lipinski definition) is 2. The summed E-state index contributed by atoms with van der Waals surface area (Å²) in [4.78, 5) is 40.9. The maximum Gasteiger partial charge on any atom is 0.321 e. The molecule has 0 saturated carbocycles. The lowest BCUT2D eigenvalue weighted by Crippen LogP contribution is -2.32. The Morgan fingerprint density at radius 2 is 1.71 bits per heavy atom. The van der Waals surface area contributed by atoms with Crippen molar-refractivity contribution in [2.45, 2.75) is 25.7 Å². The van der Waals surface area contributed by atoms with Gasteiger partial charge in [-0.25, -0.2) is 14.8 Å². The number of amides is 3. The fraction of sp³-hybridized carbons (Fsp3) is 0.364. The molecule has 0 aliphatic carbocycles. The maximum atomic E-state index is 12.7. The average Bonchev–Trinajstić information content (AvgIpc) is 3.55. The van der Waals surface area contributed by atoms with Gasteiger partial charge in [-0.1, -0.05) is 11.6 Å². The second-order valence-electron chi connectivity index (χ2n) is 8.00. The number of rotatable bonds is 3. The minimum absolute atomic E-state index is 0.00675. The number of likely N-dealkylation sites (tertiary alicyclic amines) is 2. The summed E-state index contributed by atoms with van der Waals surface area (Å²) in [6.45, 7) is 3.13. The van der Waals surface area contributed by atoms with Gasteiger partial charge in [0.2, 0.25) is 0 Å². The second-order valence-corrected chi connectivity index (χ2v) is 8.41. The molecule has 2 aromatic heterocycles. The van der Waals surface area contributed by atoms with E-state index in [1.807, 2.05) is 4.90 Å². The molecule has 31 heavy (non-hydrogen) atoms. The zero-order valence-corrected chi connectivity index (χ0v) is 17.8. The molecule has 2 aliphatic heterocycles. The third kappa shape index (κ3) is 3.95. The van der Waals surface area contributed by atoms with Crippen molar-refractivity contribution in [2.75, 3.05) is 31.5 Å². The Bertz CT molecular complexity index is 1150. The van der Waals surface area contributed by atoms with E-state index < -0.39 is 0 Å². The van der Waals surface area contributed by atoms with Gasteiger partial charge >= 0.3 is 6.03 Å². The molecule has 0 radical (unpaired) electrons. The topological polar surface area (TPSA) is 94.2 Å². The lowest BCUT2D eigenvalue weighted by molar-refractivity contribution is 0.0792. The summed E-state index contributed by atoms with van der Waals surface area (Å²) in [6, 6.07) is 6.98. The van der Waals surface area contributed by atoms with E-state index in [0.717, 1.165) is 51.9 Å². The van der Waals surface area contributed by atoms with Crippen LogP contribution in [0.4, 0.5) is 10.5 Å². The molecule has 3 amide bonds. The number of anilines is 1. The fourth-order valence-corrected chi connectivity index (χ4v) is 4.36. The first-order valence-electron chi connectivity index (χ1n) is 10.6. The van der Waals surface area contributed by atoms with Crippen LogP contribution in [0.3, 0.4) is 0 Å². The number of nitrogens with one attached hydrogen (secondary N) is 2. The van der Waals surface area contributed by atoms with E-state index in [1.54, 1.807) is 35.4 Å². The SMILES string of the molecule is O=C(Nc1ccc(Cl)c(-c2nc3ncc(C(=O)N4CCCC4)cc3[nH]2)c1)N1CCCC1. The van der Waals surface area contributed by atoms with E-state index >= 15 is 0 Å². The maximum absolute atomic E-state index is 12.7. The molecule has 2 aliphatic rings. The van der Waals surface area contributed by atoms with E-state index in [-0.39, 0.29) is 11.9 Å². The highest BCUT2D eigenvalue weighted by Gasteiger charge is 2.21. The summed E-state index contributed by atoms with van der Waals surface area (Å²) in [5, 5.41) is 3.44. The van der Waals surface area contributed by atoms with Gasteiger partial charge in [0.25, 0.3) is 5.91 Å². The standard InChI is InChI=1S/C22H23ClN6O2/c23-17-6-5-15(25-22(31)29-9-3-4-10-29)12-16(17)19-26-18-11-14(13-24-20(18)27-19)21(30)28-7-1-2-8-28/h5-6,11-13H,1-4,7-10H2,(H,25,31)(H,24,26,27). The van der Waals surface area contributed by atoms with Crippen LogP contribution in [-0.4, -0.2) is 62.9 Å². The number of fused-ring (bicyclic) bond motifs is 1. The van der Waals surface area contributed by atoms with Gasteiger partial charge in [0.1, 0.15) is 5.82 Å². The highest BCUT2D eigenvalue weighted by molar-refractivity contribution is 6.33. The van der Waals surface area contributed by atoms with Crippen molar-refractivity contribution in [1.29, 1.82) is 0 Å². The van der Waals surface area contributed by atoms with Crippen molar-refractivity contribution in [2.24, 2.45) is 0 Å². The normalized spacial score (nSPS) is 16.3. The second kappa shape index (κ2) is 8.19. The molecule has 3 aromatic rings. The van der Waals surface area contributed by atoms with E-state index in [2.05, 4.69) is 20.3 Å². The number of hydrogen-bond acceptors (Lipinski definition) is 4. The van der Waals surface area contributed by atoms with Gasteiger partial charge in [-0.3, -0.25) is 4.79 Å². The summed E-state index contributed by atoms with van der Waals surface area (Å²) in [5.41, 5.74) is 3.03. The van der Waals surface area contributed by atoms with Gasteiger partial charge in [-0.2, -0.15) is 0 Å². The zero-order chi connectivity index (χ0) is 21.4. The minimum atomic E-state index is -0.109. The van der Waals surface area contributed by atoms with Crippen molar-refractivity contribution in [1.82, 2.24) is 24.8 Å². The smallest absolute Gasteiger partial charge is 0.321 e. The van der Waals surface area contributed by atoms with Gasteiger partial charge in [0.15, 0.2) is 5.65 Å². The molecular formula is C22H23ClN6O2. The Hall–Kier alpha value is -3.13. The number of urea groups is 1. The molecule has 9 heteroatoms. The number of imidazole rings is 1. The molecule has 4 heterocycles. The van der Waals surface area contributed by atoms with Crippen molar-refractivity contribution in [3.8, 4) is 11.4 Å². The highest BCUT2D eigenvalue weighted by Crippen LogP contribution is 2.30. The average molecular weight is 439 g/mol. The number of carbonyl (C=O) groups excluding carboxylic acids is 2. The Labute approximate surface area is 184 Å². The number of H-pyrrole nitrogens is 1. The number of carbonyl (C=O) groups is 2. The fourth-order valence-electron chi connectivity index (χ4n) is 4.15. The predicted molar refractivity (Wildman–Crippen MR) is 119 cm³/mol. The minimum Gasteiger partial charge on any atom is -0.339 e. The van der Waals surface area contributed by atoms with Crippen molar-refractivity contribution in [3.63, 3.8) is 0 Å². The molecule has 2 fully saturated rings. The van der Waals surface area contributed by atoms with Crippen molar-refractivity contribution >= 4 is 40.4 Å². The number of halogens is 1. The molecule has 2 N–H and O–H groups in total. The van der Waals surface area contributed by atoms with Crippen LogP contribution in [0.2, 0.25) is 5.02 Å². The molecule has 0 atom stereocenters. The van der Waals surface area contributed by atoms with Gasteiger partial charge in [0.05, 0.1) is 16.1 Å². The van der Waals surface area contributed by atoms with Crippen LogP contribution >= 0.6 is 11.6 Å². The Morgan fingerprint density at radius 1 is 1.00 bits per heavy atom. The van der Waals surface area contributed by atoms with Crippen LogP contribution in [-0.2, 0) is 0 Å². The van der Waals surface area contributed by atoms with Gasteiger partial charge in [0, 0.05) is 43.6 Å². The monoisotopic (exact) mass is 438 g/mol. The van der Waals surface area contributed by atoms with Crippen LogP contribution < -0.4 is 5.32 Å². The van der Waals surface area contributed by atoms with Crippen molar-refractivity contribution < 1.29 is 9.59 Å². The Balaban J connectivity index is 1.41. The number of benzene rings is 1. The molecule has 0 unspecified atom stereocenters. The number of aromatic nitrogens is 3. The van der Waals surface area contributed by atoms with E-state index in [0.29, 0.717) is 38.8 Å². The Morgan fingerprint density at radius 3 is 2.45 bits per heavy atom. The number of pyridine rings is 1. The van der Waals surface area contributed by atoms with Crippen molar-refractivity contribution in [3.05, 3.63) is 41.0 Å². The van der Waals surface area contributed by atoms with E-state index in [1.165, 1.54) is 0 Å². The molecule has 2 saturated heterocycles. The molecular weight excluding hydrogens is 416 g/mol. The summed E-state index contributed by atoms with van der Waals surface area (Å²) in [6.07, 6.45) is 5.72. The molecule has 0 spiro atoms. The molecule has 8 nitrogen and oxygen atoms in total. The summed E-state index contributed by atoms with van der Waals surface area (Å²) >= 11 is 6.43. The third-order valence-electron chi connectivity index (χ3n) is 5.84. The Kier molecular flexibility index (Phi) is 5.23. The van der Waals surface area contributed by atoms with Gasteiger partial charge in [-0.15, -0.1) is 0 Å². The number of aromatic amines is 1. The van der Waals surface area contributed by atoms with Crippen LogP contribution in [0.5, 0.6) is 0 Å². The molecule has 0 bridgehead atoms. The first kappa shape index (κ1) is 19.8.